The topological polar surface area (TPSA) is 48.4 Å². The van der Waals surface area contributed by atoms with Crippen molar-refractivity contribution in [3.8, 4) is 5.75 Å². The summed E-state index contributed by atoms with van der Waals surface area (Å²) in [4.78, 5) is 16.8. The highest BCUT2D eigenvalue weighted by atomic mass is 35.5. The van der Waals surface area contributed by atoms with E-state index >= 15 is 0 Å². The Kier molecular flexibility index (Phi) is 4.67. The Balaban J connectivity index is 1.84. The Labute approximate surface area is 145 Å². The summed E-state index contributed by atoms with van der Waals surface area (Å²) in [7, 11) is 1.50. The van der Waals surface area contributed by atoms with E-state index in [1.54, 1.807) is 25.3 Å². The summed E-state index contributed by atoms with van der Waals surface area (Å²) < 4.78 is 10.7. The molecule has 4 nitrogen and oxygen atoms in total. The molecular formula is C19H16ClNO3. The number of pyridine rings is 1. The van der Waals surface area contributed by atoms with Gasteiger partial charge in [-0.25, -0.2) is 4.79 Å². The van der Waals surface area contributed by atoms with E-state index in [0.717, 1.165) is 16.5 Å². The van der Waals surface area contributed by atoms with Gasteiger partial charge in [-0.1, -0.05) is 29.8 Å². The summed E-state index contributed by atoms with van der Waals surface area (Å²) in [6.45, 7) is 1.81. The lowest BCUT2D eigenvalue weighted by Gasteiger charge is -2.15. The summed E-state index contributed by atoms with van der Waals surface area (Å²) >= 11 is 5.96. The molecule has 0 N–H and O–H groups in total. The Morgan fingerprint density at radius 1 is 1.17 bits per heavy atom. The normalized spacial score (nSPS) is 12.0. The third kappa shape index (κ3) is 3.34. The summed E-state index contributed by atoms with van der Waals surface area (Å²) in [5, 5.41) is 1.45. The first kappa shape index (κ1) is 16.3. The van der Waals surface area contributed by atoms with E-state index in [0.29, 0.717) is 16.3 Å². The first-order valence-corrected chi connectivity index (χ1v) is 7.85. The smallest absolute Gasteiger partial charge is 0.342 e. The van der Waals surface area contributed by atoms with Crippen LogP contribution in [0.15, 0.2) is 54.7 Å². The average Bonchev–Trinajstić information content (AvgIpc) is 2.61. The monoisotopic (exact) mass is 341 g/mol. The largest absolute Gasteiger partial charge is 0.496 e. The standard InChI is InChI=1S/C19H16ClNO3/c1-12(14-9-13-5-3-4-6-17(13)21-11-14)24-19(22)16-10-15(20)7-8-18(16)23-2/h3-12H,1-2H3. The molecule has 1 atom stereocenters. The number of methoxy groups -OCH3 is 1. The molecular weight excluding hydrogens is 326 g/mol. The van der Waals surface area contributed by atoms with E-state index in [-0.39, 0.29) is 0 Å². The molecule has 1 heterocycles. The number of aromatic nitrogens is 1. The second-order valence-electron chi connectivity index (χ2n) is 5.35. The molecule has 1 aromatic heterocycles. The molecule has 2 aromatic carbocycles. The van der Waals surface area contributed by atoms with Crippen LogP contribution in [0.5, 0.6) is 5.75 Å². The van der Waals surface area contributed by atoms with Crippen molar-refractivity contribution in [2.45, 2.75) is 13.0 Å². The minimum atomic E-state index is -0.491. The molecule has 0 amide bonds. The Bertz CT molecular complexity index is 895. The highest BCUT2D eigenvalue weighted by molar-refractivity contribution is 6.31. The molecule has 0 aliphatic rings. The number of ether oxygens (including phenoxy) is 2. The second kappa shape index (κ2) is 6.89. The fourth-order valence-electron chi connectivity index (χ4n) is 2.44. The van der Waals surface area contributed by atoms with E-state index < -0.39 is 12.1 Å². The number of esters is 1. The van der Waals surface area contributed by atoms with Gasteiger partial charge >= 0.3 is 5.97 Å². The lowest BCUT2D eigenvalue weighted by Crippen LogP contribution is -2.11. The van der Waals surface area contributed by atoms with Gasteiger partial charge in [-0.3, -0.25) is 4.98 Å². The molecule has 5 heteroatoms. The molecule has 0 radical (unpaired) electrons. The highest BCUT2D eigenvalue weighted by Crippen LogP contribution is 2.27. The van der Waals surface area contributed by atoms with Gasteiger partial charge < -0.3 is 9.47 Å². The van der Waals surface area contributed by atoms with Gasteiger partial charge in [0, 0.05) is 22.2 Å². The van der Waals surface area contributed by atoms with Crippen LogP contribution in [0.1, 0.15) is 28.9 Å². The second-order valence-corrected chi connectivity index (χ2v) is 5.79. The SMILES string of the molecule is COc1ccc(Cl)cc1C(=O)OC(C)c1cnc2ccccc2c1. The number of carbonyl (C=O) groups is 1. The van der Waals surface area contributed by atoms with Crippen LogP contribution in [0.25, 0.3) is 10.9 Å². The number of rotatable bonds is 4. The number of fused-ring (bicyclic) bond motifs is 1. The molecule has 1 unspecified atom stereocenters. The number of para-hydroxylation sites is 1. The number of hydrogen-bond acceptors (Lipinski definition) is 4. The van der Waals surface area contributed by atoms with Crippen molar-refractivity contribution in [1.29, 1.82) is 0 Å². The lowest BCUT2D eigenvalue weighted by molar-refractivity contribution is 0.0334. The zero-order chi connectivity index (χ0) is 17.1. The Morgan fingerprint density at radius 3 is 2.75 bits per heavy atom. The van der Waals surface area contributed by atoms with Crippen LogP contribution in [0, 0.1) is 0 Å². The molecule has 0 aliphatic heterocycles. The number of hydrogen-bond donors (Lipinski definition) is 0. The fourth-order valence-corrected chi connectivity index (χ4v) is 2.61. The van der Waals surface area contributed by atoms with E-state index in [9.17, 15) is 4.79 Å². The third-order valence-electron chi connectivity index (χ3n) is 3.75. The van der Waals surface area contributed by atoms with Crippen LogP contribution >= 0.6 is 11.6 Å². The van der Waals surface area contributed by atoms with E-state index in [1.165, 1.54) is 13.2 Å². The van der Waals surface area contributed by atoms with Gasteiger partial charge in [0.15, 0.2) is 0 Å². The van der Waals surface area contributed by atoms with Crippen molar-refractivity contribution in [3.63, 3.8) is 0 Å². The predicted octanol–water partition coefficient (Wildman–Crippen LogP) is 4.81. The van der Waals surface area contributed by atoms with Crippen molar-refractivity contribution >= 4 is 28.5 Å². The number of nitrogens with zero attached hydrogens (tertiary/aromatic N) is 1. The van der Waals surface area contributed by atoms with E-state index in [4.69, 9.17) is 21.1 Å². The molecule has 3 aromatic rings. The molecule has 0 bridgehead atoms. The first-order chi connectivity index (χ1) is 11.6. The molecule has 0 spiro atoms. The van der Waals surface area contributed by atoms with Gasteiger partial charge in [0.1, 0.15) is 17.4 Å². The van der Waals surface area contributed by atoms with Gasteiger partial charge in [0.05, 0.1) is 12.6 Å². The highest BCUT2D eigenvalue weighted by Gasteiger charge is 2.18. The Morgan fingerprint density at radius 2 is 1.96 bits per heavy atom. The summed E-state index contributed by atoms with van der Waals surface area (Å²) in [6, 6.07) is 14.6. The van der Waals surface area contributed by atoms with Gasteiger partial charge in [0.25, 0.3) is 0 Å². The van der Waals surface area contributed by atoms with Crippen LogP contribution in [0.4, 0.5) is 0 Å². The predicted molar refractivity (Wildman–Crippen MR) is 93.6 cm³/mol. The molecule has 0 saturated carbocycles. The van der Waals surface area contributed by atoms with Gasteiger partial charge in [-0.15, -0.1) is 0 Å². The van der Waals surface area contributed by atoms with Crippen LogP contribution in [0.2, 0.25) is 5.02 Å². The zero-order valence-electron chi connectivity index (χ0n) is 13.3. The molecule has 0 fully saturated rings. The van der Waals surface area contributed by atoms with Crippen LogP contribution in [0.3, 0.4) is 0 Å². The molecule has 24 heavy (non-hydrogen) atoms. The summed E-state index contributed by atoms with van der Waals surface area (Å²) in [5.41, 5.74) is 2.02. The quantitative estimate of drug-likeness (QED) is 0.639. The minimum absolute atomic E-state index is 0.297. The third-order valence-corrected chi connectivity index (χ3v) is 3.98. The van der Waals surface area contributed by atoms with Crippen molar-refractivity contribution in [1.82, 2.24) is 4.98 Å². The minimum Gasteiger partial charge on any atom is -0.496 e. The van der Waals surface area contributed by atoms with Crippen molar-refractivity contribution in [2.24, 2.45) is 0 Å². The summed E-state index contributed by atoms with van der Waals surface area (Å²) in [6.07, 6.45) is 1.27. The lowest BCUT2D eigenvalue weighted by atomic mass is 10.1. The number of carbonyl (C=O) groups excluding carboxylic acids is 1. The van der Waals surface area contributed by atoms with E-state index in [2.05, 4.69) is 4.98 Å². The fraction of sp³-hybridized carbons (Fsp3) is 0.158. The van der Waals surface area contributed by atoms with Gasteiger partial charge in [-0.05, 0) is 37.3 Å². The van der Waals surface area contributed by atoms with Gasteiger partial charge in [0.2, 0.25) is 0 Å². The number of benzene rings is 2. The molecule has 122 valence electrons. The van der Waals surface area contributed by atoms with Crippen molar-refractivity contribution in [2.75, 3.05) is 7.11 Å². The maximum absolute atomic E-state index is 12.4. The van der Waals surface area contributed by atoms with Crippen LogP contribution in [-0.4, -0.2) is 18.1 Å². The molecule has 0 saturated heterocycles. The van der Waals surface area contributed by atoms with Gasteiger partial charge in [-0.2, -0.15) is 0 Å². The summed E-state index contributed by atoms with van der Waals surface area (Å²) in [5.74, 6) is -0.0664. The maximum atomic E-state index is 12.4. The maximum Gasteiger partial charge on any atom is 0.342 e. The van der Waals surface area contributed by atoms with Crippen molar-refractivity contribution in [3.05, 3.63) is 70.9 Å². The van der Waals surface area contributed by atoms with Crippen LogP contribution < -0.4 is 4.74 Å². The Hall–Kier alpha value is -2.59. The van der Waals surface area contributed by atoms with E-state index in [1.807, 2.05) is 30.3 Å². The average molecular weight is 342 g/mol. The zero-order valence-corrected chi connectivity index (χ0v) is 14.1. The van der Waals surface area contributed by atoms with Crippen LogP contribution in [-0.2, 0) is 4.74 Å². The number of halogens is 1. The first-order valence-electron chi connectivity index (χ1n) is 7.47. The van der Waals surface area contributed by atoms with Crippen molar-refractivity contribution < 1.29 is 14.3 Å². The molecule has 0 aliphatic carbocycles. The molecule has 3 rings (SSSR count).